The van der Waals surface area contributed by atoms with Crippen LogP contribution in [0.4, 0.5) is 17.6 Å². The van der Waals surface area contributed by atoms with Gasteiger partial charge in [-0.1, -0.05) is 0 Å². The molecule has 0 N–H and O–H groups in total. The molecule has 2 aromatic carbocycles. The van der Waals surface area contributed by atoms with E-state index in [-0.39, 0.29) is 63.1 Å². The van der Waals surface area contributed by atoms with Crippen molar-refractivity contribution in [2.45, 2.75) is 36.9 Å². The number of alkyl halides is 2. The van der Waals surface area contributed by atoms with Gasteiger partial charge in [0.25, 0.3) is 5.91 Å². The summed E-state index contributed by atoms with van der Waals surface area (Å²) < 4.78 is 77.0. The molecule has 188 valence electrons. The number of ether oxygens (including phenoxy) is 4. The molecule has 2 unspecified atom stereocenters. The molecule has 0 spiro atoms. The number of nitrogens with zero attached hydrogens (tertiary/aromatic N) is 1. The molecule has 1 aliphatic carbocycles. The Hall–Kier alpha value is -2.85. The van der Waals surface area contributed by atoms with Crippen LogP contribution in [-0.2, 0) is 15.1 Å². The molecule has 3 fully saturated rings. The van der Waals surface area contributed by atoms with E-state index >= 15 is 0 Å². The summed E-state index contributed by atoms with van der Waals surface area (Å²) in [5, 5.41) is 0. The second-order valence-electron chi connectivity index (χ2n) is 9.24. The number of rotatable bonds is 6. The fourth-order valence-corrected chi connectivity index (χ4v) is 5.08. The quantitative estimate of drug-likeness (QED) is 0.552. The van der Waals surface area contributed by atoms with Gasteiger partial charge >= 0.3 is 0 Å². The first kappa shape index (κ1) is 23.9. The van der Waals surface area contributed by atoms with Gasteiger partial charge in [-0.25, -0.2) is 17.6 Å². The minimum absolute atomic E-state index is 0.0829. The van der Waals surface area contributed by atoms with Gasteiger partial charge < -0.3 is 23.8 Å². The number of methoxy groups -OCH3 is 1. The zero-order valence-corrected chi connectivity index (χ0v) is 19.1. The normalized spacial score (nSPS) is 25.6. The highest BCUT2D eigenvalue weighted by molar-refractivity contribution is 5.95. The number of carbonyl (C=O) groups excluding carboxylic acids is 1. The number of hydrogen-bond donors (Lipinski definition) is 0. The predicted molar refractivity (Wildman–Crippen MR) is 116 cm³/mol. The van der Waals surface area contributed by atoms with Crippen LogP contribution in [0, 0.1) is 17.6 Å². The summed E-state index contributed by atoms with van der Waals surface area (Å²) in [7, 11) is 1.43. The number of likely N-dealkylation sites (tertiary alicyclic amines) is 1. The standard InChI is InChI=1S/C25H25F4NO5/c1-32-21-8-16(2-5-20(21)33-13-15-10-24(28,29)11-15)23(31)30-7-6-25(22(12-30)34-14-35-25)18-9-17(26)3-4-19(18)27/h2-5,8-9,15,22H,6-7,10-14H2,1H3. The van der Waals surface area contributed by atoms with Gasteiger partial charge in [-0.05, 0) is 36.4 Å². The number of benzene rings is 2. The highest BCUT2D eigenvalue weighted by Crippen LogP contribution is 2.45. The highest BCUT2D eigenvalue weighted by Gasteiger charge is 2.52. The van der Waals surface area contributed by atoms with Gasteiger partial charge in [0.1, 0.15) is 30.1 Å². The van der Waals surface area contributed by atoms with Crippen LogP contribution in [-0.4, -0.2) is 56.4 Å². The Kier molecular flexibility index (Phi) is 6.13. The SMILES string of the molecule is COc1cc(C(=O)N2CCC3(c4cc(F)ccc4F)OCOC3C2)ccc1OCC1CC(F)(F)C1. The predicted octanol–water partition coefficient (Wildman–Crippen LogP) is 4.51. The van der Waals surface area contributed by atoms with Crippen molar-refractivity contribution in [1.82, 2.24) is 4.90 Å². The van der Waals surface area contributed by atoms with E-state index < -0.39 is 29.3 Å². The Morgan fingerprint density at radius 1 is 1.14 bits per heavy atom. The van der Waals surface area contributed by atoms with Crippen molar-refractivity contribution >= 4 is 5.91 Å². The molecule has 1 saturated carbocycles. The lowest BCUT2D eigenvalue weighted by molar-refractivity contribution is -0.119. The van der Waals surface area contributed by atoms with Gasteiger partial charge in [0.2, 0.25) is 5.92 Å². The van der Waals surface area contributed by atoms with Crippen LogP contribution >= 0.6 is 0 Å². The minimum atomic E-state index is -2.62. The lowest BCUT2D eigenvalue weighted by atomic mass is 9.81. The molecule has 2 heterocycles. The van der Waals surface area contributed by atoms with E-state index in [2.05, 4.69) is 0 Å². The molecule has 0 aromatic heterocycles. The van der Waals surface area contributed by atoms with Crippen molar-refractivity contribution in [2.24, 2.45) is 5.92 Å². The topological polar surface area (TPSA) is 57.2 Å². The van der Waals surface area contributed by atoms with Crippen LogP contribution < -0.4 is 9.47 Å². The van der Waals surface area contributed by atoms with Crippen LogP contribution in [0.3, 0.4) is 0 Å². The van der Waals surface area contributed by atoms with Crippen molar-refractivity contribution in [1.29, 1.82) is 0 Å². The fraction of sp³-hybridized carbons (Fsp3) is 0.480. The average Bonchev–Trinajstić information content (AvgIpc) is 3.26. The maximum atomic E-state index is 14.6. The van der Waals surface area contributed by atoms with Gasteiger partial charge in [0.05, 0.1) is 20.3 Å². The van der Waals surface area contributed by atoms with Crippen LogP contribution in [0.1, 0.15) is 35.2 Å². The Labute approximate surface area is 199 Å². The zero-order chi connectivity index (χ0) is 24.8. The first-order valence-corrected chi connectivity index (χ1v) is 11.4. The van der Waals surface area contributed by atoms with Crippen LogP contribution in [0.5, 0.6) is 11.5 Å². The van der Waals surface area contributed by atoms with Crippen molar-refractivity contribution in [3.63, 3.8) is 0 Å². The molecule has 2 aliphatic heterocycles. The van der Waals surface area contributed by atoms with Crippen LogP contribution in [0.2, 0.25) is 0 Å². The molecule has 2 saturated heterocycles. The van der Waals surface area contributed by atoms with Crippen molar-refractivity contribution in [2.75, 3.05) is 33.6 Å². The van der Waals surface area contributed by atoms with Crippen LogP contribution in [0.25, 0.3) is 0 Å². The number of hydrogen-bond acceptors (Lipinski definition) is 5. The molecule has 35 heavy (non-hydrogen) atoms. The molecule has 5 rings (SSSR count). The second-order valence-corrected chi connectivity index (χ2v) is 9.24. The minimum Gasteiger partial charge on any atom is -0.493 e. The number of carbonyl (C=O) groups is 1. The van der Waals surface area contributed by atoms with Crippen molar-refractivity contribution < 1.29 is 41.3 Å². The fourth-order valence-electron chi connectivity index (χ4n) is 5.08. The molecular weight excluding hydrogens is 470 g/mol. The molecular formula is C25H25F4NO5. The molecule has 2 aromatic rings. The van der Waals surface area contributed by atoms with Gasteiger partial charge in [-0.2, -0.15) is 0 Å². The summed E-state index contributed by atoms with van der Waals surface area (Å²) >= 11 is 0. The van der Waals surface area contributed by atoms with Crippen LogP contribution in [0.15, 0.2) is 36.4 Å². The van der Waals surface area contributed by atoms with E-state index in [0.717, 1.165) is 18.2 Å². The van der Waals surface area contributed by atoms with Gasteiger partial charge in [0.15, 0.2) is 11.5 Å². The lowest BCUT2D eigenvalue weighted by Crippen LogP contribution is -2.53. The molecule has 10 heteroatoms. The summed E-state index contributed by atoms with van der Waals surface area (Å²) in [6, 6.07) is 7.91. The third-order valence-electron chi connectivity index (χ3n) is 6.98. The number of halogens is 4. The van der Waals surface area contributed by atoms with Crippen molar-refractivity contribution in [3.8, 4) is 11.5 Å². The molecule has 0 bridgehead atoms. The summed E-state index contributed by atoms with van der Waals surface area (Å²) in [6.45, 7) is 0.425. The maximum Gasteiger partial charge on any atom is 0.254 e. The lowest BCUT2D eigenvalue weighted by Gasteiger charge is -2.42. The summed E-state index contributed by atoms with van der Waals surface area (Å²) in [4.78, 5) is 14.8. The first-order chi connectivity index (χ1) is 16.7. The average molecular weight is 495 g/mol. The third-order valence-corrected chi connectivity index (χ3v) is 6.98. The Morgan fingerprint density at radius 3 is 2.69 bits per heavy atom. The second kappa shape index (κ2) is 8.98. The van der Waals surface area contributed by atoms with Gasteiger partial charge in [-0.15, -0.1) is 0 Å². The molecule has 1 amide bonds. The van der Waals surface area contributed by atoms with Gasteiger partial charge in [0, 0.05) is 42.9 Å². The largest absolute Gasteiger partial charge is 0.493 e. The van der Waals surface area contributed by atoms with Gasteiger partial charge in [-0.3, -0.25) is 4.79 Å². The highest BCUT2D eigenvalue weighted by atomic mass is 19.3. The molecule has 6 nitrogen and oxygen atoms in total. The Morgan fingerprint density at radius 2 is 1.94 bits per heavy atom. The molecule has 0 radical (unpaired) electrons. The summed E-state index contributed by atoms with van der Waals surface area (Å²) in [5.41, 5.74) is -0.747. The van der Waals surface area contributed by atoms with E-state index in [9.17, 15) is 22.4 Å². The number of fused-ring (bicyclic) bond motifs is 1. The van der Waals surface area contributed by atoms with E-state index in [1.54, 1.807) is 17.0 Å². The van der Waals surface area contributed by atoms with Crippen molar-refractivity contribution in [3.05, 3.63) is 59.2 Å². The monoisotopic (exact) mass is 495 g/mol. The molecule has 3 aliphatic rings. The van der Waals surface area contributed by atoms with E-state index in [0.29, 0.717) is 17.1 Å². The van der Waals surface area contributed by atoms with E-state index in [1.165, 1.54) is 13.2 Å². The Bertz CT molecular complexity index is 1120. The van der Waals surface area contributed by atoms with E-state index in [4.69, 9.17) is 18.9 Å². The smallest absolute Gasteiger partial charge is 0.254 e. The number of amides is 1. The maximum absolute atomic E-state index is 14.6. The van der Waals surface area contributed by atoms with E-state index in [1.807, 2.05) is 0 Å². The summed E-state index contributed by atoms with van der Waals surface area (Å²) in [6.07, 6.45) is -0.834. The summed E-state index contributed by atoms with van der Waals surface area (Å²) in [5.74, 6) is -3.62. The third kappa shape index (κ3) is 4.45. The molecule has 2 atom stereocenters. The zero-order valence-electron chi connectivity index (χ0n) is 19.1. The first-order valence-electron chi connectivity index (χ1n) is 11.4. The Balaban J connectivity index is 1.28. The number of piperidine rings is 1.